The van der Waals surface area contributed by atoms with Gasteiger partial charge >= 0.3 is 0 Å². The molecule has 32 heavy (non-hydrogen) atoms. The third-order valence-corrected chi connectivity index (χ3v) is 5.56. The van der Waals surface area contributed by atoms with E-state index in [0.29, 0.717) is 17.0 Å². The molecule has 0 spiro atoms. The van der Waals surface area contributed by atoms with Crippen LogP contribution in [-0.4, -0.2) is 46.5 Å². The Morgan fingerprint density at radius 1 is 0.938 bits per heavy atom. The second-order valence-electron chi connectivity index (χ2n) is 7.78. The summed E-state index contributed by atoms with van der Waals surface area (Å²) < 4.78 is 14.9. The average Bonchev–Trinajstić information content (AvgIpc) is 3.21. The van der Waals surface area contributed by atoms with Crippen LogP contribution >= 0.6 is 0 Å². The molecule has 1 fully saturated rings. The summed E-state index contributed by atoms with van der Waals surface area (Å²) in [7, 11) is 0. The Balaban J connectivity index is 1.16. The molecule has 8 heteroatoms. The molecule has 0 atom stereocenters. The van der Waals surface area contributed by atoms with Crippen LogP contribution in [0.3, 0.4) is 0 Å². The third kappa shape index (κ3) is 4.39. The Bertz CT molecular complexity index is 1220. The molecule has 1 aliphatic heterocycles. The predicted octanol–water partition coefficient (Wildman–Crippen LogP) is 3.38. The molecule has 0 saturated carbocycles. The first-order chi connectivity index (χ1) is 15.6. The van der Waals surface area contributed by atoms with E-state index in [4.69, 9.17) is 0 Å². The highest BCUT2D eigenvalue weighted by atomic mass is 19.1. The minimum absolute atomic E-state index is 0.104. The zero-order valence-electron chi connectivity index (χ0n) is 17.5. The van der Waals surface area contributed by atoms with Crippen molar-refractivity contribution in [2.75, 3.05) is 41.3 Å². The first-order valence-corrected chi connectivity index (χ1v) is 10.6. The first-order valence-electron chi connectivity index (χ1n) is 10.6. The van der Waals surface area contributed by atoms with Crippen LogP contribution in [0.1, 0.15) is 5.69 Å². The van der Waals surface area contributed by atoms with E-state index in [0.717, 1.165) is 32.0 Å². The van der Waals surface area contributed by atoms with Crippen LogP contribution < -0.4 is 15.1 Å². The second-order valence-corrected chi connectivity index (χ2v) is 7.78. The number of anilines is 3. The number of para-hydroxylation sites is 1. The van der Waals surface area contributed by atoms with E-state index in [1.54, 1.807) is 22.9 Å². The number of hydrogen-bond acceptors (Lipinski definition) is 5. The second kappa shape index (κ2) is 8.66. The van der Waals surface area contributed by atoms with Crippen molar-refractivity contribution in [3.63, 3.8) is 0 Å². The molecule has 162 valence electrons. The lowest BCUT2D eigenvalue weighted by atomic mass is 10.2. The van der Waals surface area contributed by atoms with E-state index in [1.807, 2.05) is 18.2 Å². The van der Waals surface area contributed by atoms with Crippen LogP contribution in [0.5, 0.6) is 0 Å². The average molecular weight is 430 g/mol. The van der Waals surface area contributed by atoms with Gasteiger partial charge in [-0.3, -0.25) is 4.79 Å². The third-order valence-electron chi connectivity index (χ3n) is 5.56. The van der Waals surface area contributed by atoms with Gasteiger partial charge in [-0.1, -0.05) is 18.2 Å². The molecule has 1 aliphatic rings. The number of hydrogen-bond donors (Lipinski definition) is 1. The molecule has 1 saturated heterocycles. The molecule has 4 aromatic rings. The Morgan fingerprint density at radius 3 is 2.47 bits per heavy atom. The van der Waals surface area contributed by atoms with Crippen molar-refractivity contribution < 1.29 is 9.18 Å². The summed E-state index contributed by atoms with van der Waals surface area (Å²) in [5.74, 6) is 0.358. The molecular weight excluding hydrogens is 407 g/mol. The maximum Gasteiger partial charge on any atom is 0.230 e. The fourth-order valence-electron chi connectivity index (χ4n) is 3.95. The van der Waals surface area contributed by atoms with Crippen molar-refractivity contribution in [1.29, 1.82) is 0 Å². The molecule has 5 rings (SSSR count). The van der Waals surface area contributed by atoms with Gasteiger partial charge in [-0.25, -0.2) is 14.4 Å². The smallest absolute Gasteiger partial charge is 0.230 e. The van der Waals surface area contributed by atoms with E-state index in [2.05, 4.69) is 49.4 Å². The number of nitrogens with one attached hydrogen (secondary N) is 1. The molecule has 1 N–H and O–H groups in total. The summed E-state index contributed by atoms with van der Waals surface area (Å²) in [5, 5.41) is 2.85. The molecule has 4 heterocycles. The number of rotatable bonds is 5. The Morgan fingerprint density at radius 2 is 1.72 bits per heavy atom. The summed E-state index contributed by atoms with van der Waals surface area (Å²) in [6.45, 7) is 3.66. The Hall–Kier alpha value is -3.94. The van der Waals surface area contributed by atoms with Crippen LogP contribution in [-0.2, 0) is 11.2 Å². The van der Waals surface area contributed by atoms with Gasteiger partial charge in [0.05, 0.1) is 24.0 Å². The van der Waals surface area contributed by atoms with E-state index in [1.165, 1.54) is 18.0 Å². The number of pyridine rings is 2. The zero-order chi connectivity index (χ0) is 21.9. The highest BCUT2D eigenvalue weighted by Gasteiger charge is 2.18. The summed E-state index contributed by atoms with van der Waals surface area (Å²) in [4.78, 5) is 25.9. The van der Waals surface area contributed by atoms with Crippen molar-refractivity contribution in [3.8, 4) is 0 Å². The van der Waals surface area contributed by atoms with E-state index in [9.17, 15) is 9.18 Å². The van der Waals surface area contributed by atoms with Crippen LogP contribution in [0.4, 0.5) is 21.6 Å². The minimum Gasteiger partial charge on any atom is -0.368 e. The molecule has 0 unspecified atom stereocenters. The molecule has 0 radical (unpaired) electrons. The lowest BCUT2D eigenvalue weighted by molar-refractivity contribution is -0.115. The van der Waals surface area contributed by atoms with Gasteiger partial charge in [-0.2, -0.15) is 0 Å². The SMILES string of the molecule is O=C(Cc1cn2cc(F)ccc2n1)Nc1ccc(N2CCN(c3ccccc3)CC2)nc1. The maximum atomic E-state index is 13.3. The minimum atomic E-state index is -0.349. The van der Waals surface area contributed by atoms with Crippen LogP contribution in [0, 0.1) is 5.82 Å². The first kappa shape index (κ1) is 20.0. The lowest BCUT2D eigenvalue weighted by Gasteiger charge is -2.36. The van der Waals surface area contributed by atoms with Crippen molar-refractivity contribution in [2.45, 2.75) is 6.42 Å². The van der Waals surface area contributed by atoms with Crippen molar-refractivity contribution in [2.24, 2.45) is 0 Å². The number of imidazole rings is 1. The summed E-state index contributed by atoms with van der Waals surface area (Å²) in [6.07, 6.45) is 4.78. The van der Waals surface area contributed by atoms with Crippen LogP contribution in [0.15, 0.2) is 73.2 Å². The maximum absolute atomic E-state index is 13.3. The number of benzene rings is 1. The predicted molar refractivity (Wildman–Crippen MR) is 123 cm³/mol. The normalized spacial score (nSPS) is 14.0. The number of nitrogens with zero attached hydrogens (tertiary/aromatic N) is 5. The summed E-state index contributed by atoms with van der Waals surface area (Å²) >= 11 is 0. The Labute approximate surface area is 185 Å². The van der Waals surface area contributed by atoms with Gasteiger partial charge in [0.25, 0.3) is 0 Å². The molecule has 1 aromatic carbocycles. The highest BCUT2D eigenvalue weighted by Crippen LogP contribution is 2.20. The zero-order valence-corrected chi connectivity index (χ0v) is 17.5. The van der Waals surface area contributed by atoms with E-state index < -0.39 is 0 Å². The number of piperazine rings is 1. The number of carbonyl (C=O) groups excluding carboxylic acids is 1. The number of aromatic nitrogens is 3. The largest absolute Gasteiger partial charge is 0.368 e. The van der Waals surface area contributed by atoms with E-state index in [-0.39, 0.29) is 18.1 Å². The van der Waals surface area contributed by atoms with Gasteiger partial charge < -0.3 is 19.5 Å². The van der Waals surface area contributed by atoms with Gasteiger partial charge in [-0.05, 0) is 36.4 Å². The van der Waals surface area contributed by atoms with E-state index >= 15 is 0 Å². The number of carbonyl (C=O) groups is 1. The van der Waals surface area contributed by atoms with Crippen LogP contribution in [0.25, 0.3) is 5.65 Å². The van der Waals surface area contributed by atoms with Gasteiger partial charge in [0.1, 0.15) is 17.3 Å². The summed E-state index contributed by atoms with van der Waals surface area (Å²) in [5.41, 5.74) is 3.06. The standard InChI is InChI=1S/C24H23FN6O/c25-18-6-8-23-27-20(17-31(23)16-18)14-24(32)28-19-7-9-22(26-15-19)30-12-10-29(11-13-30)21-4-2-1-3-5-21/h1-9,15-17H,10-14H2,(H,28,32). The van der Waals surface area contributed by atoms with Gasteiger partial charge in [0, 0.05) is 44.3 Å². The molecule has 0 bridgehead atoms. The fraction of sp³-hybridized carbons (Fsp3) is 0.208. The van der Waals surface area contributed by atoms with Crippen LogP contribution in [0.2, 0.25) is 0 Å². The Kier molecular flexibility index (Phi) is 5.41. The fourth-order valence-corrected chi connectivity index (χ4v) is 3.95. The quantitative estimate of drug-likeness (QED) is 0.526. The van der Waals surface area contributed by atoms with Gasteiger partial charge in [0.15, 0.2) is 0 Å². The van der Waals surface area contributed by atoms with Crippen molar-refractivity contribution in [3.05, 3.63) is 84.7 Å². The van der Waals surface area contributed by atoms with Crippen molar-refractivity contribution in [1.82, 2.24) is 14.4 Å². The molecule has 3 aromatic heterocycles. The van der Waals surface area contributed by atoms with Gasteiger partial charge in [-0.15, -0.1) is 0 Å². The van der Waals surface area contributed by atoms with Gasteiger partial charge in [0.2, 0.25) is 5.91 Å². The summed E-state index contributed by atoms with van der Waals surface area (Å²) in [6, 6.07) is 17.1. The monoisotopic (exact) mass is 430 g/mol. The number of fused-ring (bicyclic) bond motifs is 1. The lowest BCUT2D eigenvalue weighted by Crippen LogP contribution is -2.46. The topological polar surface area (TPSA) is 65.8 Å². The highest BCUT2D eigenvalue weighted by molar-refractivity contribution is 5.92. The molecule has 0 aliphatic carbocycles. The molecule has 7 nitrogen and oxygen atoms in total. The number of halogens is 1. The number of amides is 1. The van der Waals surface area contributed by atoms with Crippen molar-refractivity contribution >= 4 is 28.7 Å². The molecular formula is C24H23FN6O. The molecule has 1 amide bonds.